The second-order valence-corrected chi connectivity index (χ2v) is 9.34. The number of aromatic nitrogens is 1. The highest BCUT2D eigenvalue weighted by molar-refractivity contribution is 7.89. The summed E-state index contributed by atoms with van der Waals surface area (Å²) in [6.07, 6.45) is 1.64. The quantitative estimate of drug-likeness (QED) is 0.535. The lowest BCUT2D eigenvalue weighted by Crippen LogP contribution is -2.27. The first-order valence-corrected chi connectivity index (χ1v) is 11.1. The van der Waals surface area contributed by atoms with E-state index in [0.29, 0.717) is 29.4 Å². The summed E-state index contributed by atoms with van der Waals surface area (Å²) in [7, 11) is -2.22. The molecule has 0 saturated carbocycles. The second kappa shape index (κ2) is 7.90. The molecule has 0 unspecified atom stereocenters. The van der Waals surface area contributed by atoms with Crippen LogP contribution in [0.1, 0.15) is 23.2 Å². The number of fused-ring (bicyclic) bond motifs is 1. The van der Waals surface area contributed by atoms with Gasteiger partial charge in [0.05, 0.1) is 29.6 Å². The van der Waals surface area contributed by atoms with Crippen LogP contribution in [0.25, 0.3) is 11.1 Å². The van der Waals surface area contributed by atoms with Crippen molar-refractivity contribution in [2.24, 2.45) is 0 Å². The Kier molecular flexibility index (Phi) is 5.44. The third-order valence-electron chi connectivity index (χ3n) is 5.11. The number of ether oxygens (including phenoxy) is 1. The van der Waals surface area contributed by atoms with Crippen molar-refractivity contribution >= 4 is 38.5 Å². The molecule has 0 radical (unpaired) electrons. The van der Waals surface area contributed by atoms with Crippen molar-refractivity contribution in [1.82, 2.24) is 8.87 Å². The van der Waals surface area contributed by atoms with Crippen LogP contribution in [0.15, 0.2) is 50.5 Å². The van der Waals surface area contributed by atoms with Crippen molar-refractivity contribution in [1.29, 1.82) is 0 Å². The lowest BCUT2D eigenvalue weighted by molar-refractivity contribution is 0.0967. The van der Waals surface area contributed by atoms with E-state index in [0.717, 1.165) is 17.4 Å². The van der Waals surface area contributed by atoms with Gasteiger partial charge in [0.15, 0.2) is 11.4 Å². The number of oxazole rings is 1. The van der Waals surface area contributed by atoms with Crippen LogP contribution in [0, 0.1) is 0 Å². The molecule has 0 spiro atoms. The molecule has 10 heteroatoms. The largest absolute Gasteiger partial charge is 0.496 e. The van der Waals surface area contributed by atoms with Gasteiger partial charge in [-0.1, -0.05) is 11.6 Å². The van der Waals surface area contributed by atoms with Gasteiger partial charge < -0.3 is 9.15 Å². The summed E-state index contributed by atoms with van der Waals surface area (Å²) >= 11 is 5.98. The molecule has 1 saturated heterocycles. The van der Waals surface area contributed by atoms with Gasteiger partial charge in [-0.05, 0) is 43.2 Å². The van der Waals surface area contributed by atoms with E-state index in [1.54, 1.807) is 12.1 Å². The van der Waals surface area contributed by atoms with Crippen molar-refractivity contribution < 1.29 is 22.4 Å². The predicted molar refractivity (Wildman–Crippen MR) is 111 cm³/mol. The first-order chi connectivity index (χ1) is 14.3. The number of Topliss-reactive ketones (excluding diaryl/α,β-unsaturated/α-hetero) is 1. The van der Waals surface area contributed by atoms with Crippen LogP contribution in [-0.4, -0.2) is 43.3 Å². The Labute approximate surface area is 177 Å². The Balaban J connectivity index is 1.69. The molecular weight excluding hydrogens is 432 g/mol. The average molecular weight is 451 g/mol. The van der Waals surface area contributed by atoms with Gasteiger partial charge in [-0.2, -0.15) is 4.31 Å². The van der Waals surface area contributed by atoms with Gasteiger partial charge in [0.25, 0.3) is 0 Å². The molecule has 0 bridgehead atoms. The third kappa shape index (κ3) is 3.64. The van der Waals surface area contributed by atoms with Gasteiger partial charge in [-0.25, -0.2) is 13.2 Å². The lowest BCUT2D eigenvalue weighted by atomic mass is 10.1. The minimum Gasteiger partial charge on any atom is -0.496 e. The molecular formula is C20H19ClN2O6S. The number of hydrogen-bond donors (Lipinski definition) is 0. The molecule has 30 heavy (non-hydrogen) atoms. The number of hydrogen-bond acceptors (Lipinski definition) is 6. The zero-order valence-corrected chi connectivity index (χ0v) is 17.7. The second-order valence-electron chi connectivity index (χ2n) is 6.96. The maximum absolute atomic E-state index is 12.8. The average Bonchev–Trinajstić information content (AvgIpc) is 3.36. The van der Waals surface area contributed by atoms with E-state index < -0.39 is 21.6 Å². The van der Waals surface area contributed by atoms with E-state index in [-0.39, 0.29) is 22.6 Å². The molecule has 0 N–H and O–H groups in total. The van der Waals surface area contributed by atoms with Crippen LogP contribution >= 0.6 is 11.6 Å². The molecule has 2 heterocycles. The van der Waals surface area contributed by atoms with Crippen LogP contribution in [0.5, 0.6) is 5.75 Å². The Hall–Kier alpha value is -2.62. The van der Waals surface area contributed by atoms with Gasteiger partial charge in [-0.15, -0.1) is 0 Å². The molecule has 3 aromatic rings. The number of nitrogens with zero attached hydrogens (tertiary/aromatic N) is 2. The fourth-order valence-electron chi connectivity index (χ4n) is 3.56. The van der Waals surface area contributed by atoms with Crippen molar-refractivity contribution in [3.63, 3.8) is 0 Å². The van der Waals surface area contributed by atoms with Gasteiger partial charge in [0.2, 0.25) is 10.0 Å². The SMILES string of the molecule is COc1ccc(Cl)cc1C(=O)Cn1c(=O)oc2cc(S(=O)(=O)N3CCCC3)ccc21. The fourth-order valence-corrected chi connectivity index (χ4v) is 5.27. The monoisotopic (exact) mass is 450 g/mol. The molecule has 2 aromatic carbocycles. The molecule has 0 aliphatic carbocycles. The number of carbonyl (C=O) groups excluding carboxylic acids is 1. The van der Waals surface area contributed by atoms with Crippen LogP contribution < -0.4 is 10.5 Å². The van der Waals surface area contributed by atoms with Gasteiger partial charge in [0, 0.05) is 24.2 Å². The number of halogens is 1. The van der Waals surface area contributed by atoms with E-state index in [1.807, 2.05) is 0 Å². The molecule has 1 aromatic heterocycles. The maximum atomic E-state index is 12.8. The van der Waals surface area contributed by atoms with Crippen molar-refractivity contribution in [3.05, 3.63) is 57.5 Å². The van der Waals surface area contributed by atoms with Crippen LogP contribution in [0.2, 0.25) is 5.02 Å². The minimum absolute atomic E-state index is 0.0561. The molecule has 1 aliphatic rings. The standard InChI is InChI=1S/C20H19ClN2O6S/c1-28-18-7-4-13(21)10-15(18)17(24)12-23-16-6-5-14(11-19(16)29-20(23)25)30(26,27)22-8-2-3-9-22/h4-7,10-11H,2-3,8-9,12H2,1H3. The van der Waals surface area contributed by atoms with Crippen LogP contribution in [0.4, 0.5) is 0 Å². The Morgan fingerprint density at radius 1 is 1.17 bits per heavy atom. The molecule has 0 amide bonds. The zero-order valence-electron chi connectivity index (χ0n) is 16.1. The first-order valence-electron chi connectivity index (χ1n) is 9.31. The molecule has 0 atom stereocenters. The summed E-state index contributed by atoms with van der Waals surface area (Å²) in [5, 5.41) is 0.361. The fraction of sp³-hybridized carbons (Fsp3) is 0.300. The third-order valence-corrected chi connectivity index (χ3v) is 7.24. The normalized spacial score (nSPS) is 15.0. The number of rotatable bonds is 6. The van der Waals surface area contributed by atoms with E-state index in [2.05, 4.69) is 0 Å². The van der Waals surface area contributed by atoms with Gasteiger partial charge >= 0.3 is 5.76 Å². The number of ketones is 1. The van der Waals surface area contributed by atoms with E-state index in [1.165, 1.54) is 35.7 Å². The minimum atomic E-state index is -3.65. The van der Waals surface area contributed by atoms with Gasteiger partial charge in [0.1, 0.15) is 5.75 Å². The number of sulfonamides is 1. The summed E-state index contributed by atoms with van der Waals surface area (Å²) < 4.78 is 38.5. The summed E-state index contributed by atoms with van der Waals surface area (Å²) in [5.74, 6) is -0.813. The first kappa shape index (κ1) is 20.6. The number of benzene rings is 2. The molecule has 158 valence electrons. The summed E-state index contributed by atoms with van der Waals surface area (Å²) in [6, 6.07) is 8.86. The summed E-state index contributed by atoms with van der Waals surface area (Å²) in [6.45, 7) is 0.642. The summed E-state index contributed by atoms with van der Waals surface area (Å²) in [4.78, 5) is 25.2. The lowest BCUT2D eigenvalue weighted by Gasteiger charge is -2.15. The van der Waals surface area contributed by atoms with Crippen molar-refractivity contribution in [2.45, 2.75) is 24.3 Å². The number of carbonyl (C=O) groups is 1. The van der Waals surface area contributed by atoms with E-state index in [4.69, 9.17) is 20.8 Å². The Morgan fingerprint density at radius 3 is 2.60 bits per heavy atom. The van der Waals surface area contributed by atoms with Crippen LogP contribution in [-0.2, 0) is 16.6 Å². The van der Waals surface area contributed by atoms with E-state index >= 15 is 0 Å². The molecule has 4 rings (SSSR count). The van der Waals surface area contributed by atoms with Crippen LogP contribution in [0.3, 0.4) is 0 Å². The highest BCUT2D eigenvalue weighted by Gasteiger charge is 2.28. The van der Waals surface area contributed by atoms with Gasteiger partial charge in [-0.3, -0.25) is 9.36 Å². The smallest absolute Gasteiger partial charge is 0.420 e. The topological polar surface area (TPSA) is 98.8 Å². The highest BCUT2D eigenvalue weighted by Crippen LogP contribution is 2.26. The van der Waals surface area contributed by atoms with Crippen molar-refractivity contribution in [3.8, 4) is 5.75 Å². The highest BCUT2D eigenvalue weighted by atomic mass is 35.5. The Bertz CT molecular complexity index is 1290. The molecule has 1 aliphatic heterocycles. The Morgan fingerprint density at radius 2 is 1.90 bits per heavy atom. The molecule has 1 fully saturated rings. The van der Waals surface area contributed by atoms with Crippen molar-refractivity contribution in [2.75, 3.05) is 20.2 Å². The predicted octanol–water partition coefficient (Wildman–Crippen LogP) is 2.92. The maximum Gasteiger partial charge on any atom is 0.420 e. The number of methoxy groups -OCH3 is 1. The zero-order chi connectivity index (χ0) is 21.5. The van der Waals surface area contributed by atoms with E-state index in [9.17, 15) is 18.0 Å². The summed E-state index contributed by atoms with van der Waals surface area (Å²) in [5.41, 5.74) is 0.667. The molecule has 8 nitrogen and oxygen atoms in total.